The number of hydrogen-bond donors (Lipinski definition) is 1. The summed E-state index contributed by atoms with van der Waals surface area (Å²) in [7, 11) is -3.59. The highest BCUT2D eigenvalue weighted by Crippen LogP contribution is 2.38. The van der Waals surface area contributed by atoms with E-state index in [0.29, 0.717) is 47.1 Å². The normalized spacial score (nSPS) is 20.3. The molecule has 0 saturated carbocycles. The first-order valence-corrected chi connectivity index (χ1v) is 13.3. The first-order chi connectivity index (χ1) is 16.3. The Morgan fingerprint density at radius 3 is 2.50 bits per heavy atom. The number of nitrogens with zero attached hydrogens (tertiary/aromatic N) is 2. The highest BCUT2D eigenvalue weighted by atomic mass is 32.2. The van der Waals surface area contributed by atoms with Crippen molar-refractivity contribution in [3.63, 3.8) is 0 Å². The molecule has 1 aromatic heterocycles. The molecule has 3 heterocycles. The van der Waals surface area contributed by atoms with E-state index in [1.807, 2.05) is 18.2 Å². The number of carbonyl (C=O) groups is 1. The minimum absolute atomic E-state index is 0.199. The van der Waals surface area contributed by atoms with Crippen molar-refractivity contribution in [2.45, 2.75) is 25.2 Å². The predicted octanol–water partition coefficient (Wildman–Crippen LogP) is 4.46. The van der Waals surface area contributed by atoms with Gasteiger partial charge in [0, 0.05) is 24.8 Å². The third-order valence-electron chi connectivity index (χ3n) is 5.97. The molecule has 2 aromatic carbocycles. The second kappa shape index (κ2) is 9.01. The smallest absolute Gasteiger partial charge is 0.257 e. The number of sulfonamides is 1. The van der Waals surface area contributed by atoms with Gasteiger partial charge in [0.25, 0.3) is 5.91 Å². The Labute approximate surface area is 202 Å². The second-order valence-electron chi connectivity index (χ2n) is 8.84. The fraction of sp³-hybridized carbons (Fsp3) is 0.333. The van der Waals surface area contributed by atoms with Gasteiger partial charge in [-0.15, -0.1) is 0 Å². The molecule has 1 amide bonds. The summed E-state index contributed by atoms with van der Waals surface area (Å²) < 4.78 is 38.4. The third kappa shape index (κ3) is 4.53. The quantitative estimate of drug-likeness (QED) is 0.557. The first kappa shape index (κ1) is 22.8. The molecule has 3 aromatic rings. The monoisotopic (exact) mass is 499 g/mol. The Morgan fingerprint density at radius 2 is 1.76 bits per heavy atom. The van der Waals surface area contributed by atoms with Crippen LogP contribution in [-0.4, -0.2) is 43.5 Å². The van der Waals surface area contributed by atoms with Crippen LogP contribution in [0.3, 0.4) is 0 Å². The van der Waals surface area contributed by atoms with Gasteiger partial charge in [-0.3, -0.25) is 10.1 Å². The van der Waals surface area contributed by atoms with Crippen molar-refractivity contribution < 1.29 is 22.7 Å². The molecule has 5 rings (SSSR count). The average molecular weight is 500 g/mol. The van der Waals surface area contributed by atoms with E-state index in [4.69, 9.17) is 9.47 Å². The highest BCUT2D eigenvalue weighted by Gasteiger charge is 2.31. The molecule has 2 aliphatic rings. The lowest BCUT2D eigenvalue weighted by atomic mass is 9.94. The molecule has 0 spiro atoms. The van der Waals surface area contributed by atoms with Crippen LogP contribution in [0, 0.1) is 11.8 Å². The van der Waals surface area contributed by atoms with E-state index in [-0.39, 0.29) is 17.6 Å². The van der Waals surface area contributed by atoms with Crippen LogP contribution in [0.5, 0.6) is 11.5 Å². The molecule has 0 aliphatic carbocycles. The maximum Gasteiger partial charge on any atom is 0.257 e. The van der Waals surface area contributed by atoms with Gasteiger partial charge in [0.15, 0.2) is 16.6 Å². The molecule has 1 fully saturated rings. The zero-order valence-corrected chi connectivity index (χ0v) is 20.5. The summed E-state index contributed by atoms with van der Waals surface area (Å²) >= 11 is 1.34. The molecule has 178 valence electrons. The maximum atomic E-state index is 13.1. The van der Waals surface area contributed by atoms with Crippen molar-refractivity contribution in [2.75, 3.05) is 25.2 Å². The molecule has 2 unspecified atom stereocenters. The number of amides is 1. The molecule has 2 atom stereocenters. The molecular weight excluding hydrogens is 474 g/mol. The van der Waals surface area contributed by atoms with Crippen molar-refractivity contribution in [1.29, 1.82) is 0 Å². The number of ether oxygens (including phenoxy) is 2. The number of hydrogen-bond acceptors (Lipinski definition) is 7. The number of anilines is 1. The van der Waals surface area contributed by atoms with Crippen LogP contribution in [0.25, 0.3) is 10.4 Å². The molecule has 0 bridgehead atoms. The summed E-state index contributed by atoms with van der Waals surface area (Å²) in [5.74, 6) is 1.68. The van der Waals surface area contributed by atoms with Crippen molar-refractivity contribution in [3.05, 3.63) is 54.2 Å². The second-order valence-corrected chi connectivity index (χ2v) is 11.8. The van der Waals surface area contributed by atoms with Gasteiger partial charge in [-0.25, -0.2) is 13.4 Å². The topological polar surface area (TPSA) is 97.8 Å². The molecule has 1 saturated heterocycles. The Bertz CT molecular complexity index is 1310. The lowest BCUT2D eigenvalue weighted by Crippen LogP contribution is -2.42. The Kier molecular flexibility index (Phi) is 6.05. The number of benzene rings is 2. The molecule has 2 aliphatic heterocycles. The van der Waals surface area contributed by atoms with Gasteiger partial charge in [0.2, 0.25) is 16.8 Å². The van der Waals surface area contributed by atoms with Crippen molar-refractivity contribution in [3.8, 4) is 21.9 Å². The van der Waals surface area contributed by atoms with E-state index in [2.05, 4.69) is 24.1 Å². The lowest BCUT2D eigenvalue weighted by molar-refractivity contribution is 0.102. The number of aromatic nitrogens is 1. The van der Waals surface area contributed by atoms with Gasteiger partial charge in [0.1, 0.15) is 0 Å². The summed E-state index contributed by atoms with van der Waals surface area (Å²) in [4.78, 5) is 18.1. The minimum atomic E-state index is -3.59. The van der Waals surface area contributed by atoms with Crippen LogP contribution in [-0.2, 0) is 10.0 Å². The van der Waals surface area contributed by atoms with Gasteiger partial charge in [0.05, 0.1) is 9.77 Å². The van der Waals surface area contributed by atoms with Crippen LogP contribution in [0.4, 0.5) is 5.13 Å². The summed E-state index contributed by atoms with van der Waals surface area (Å²) in [5, 5.41) is 3.24. The minimum Gasteiger partial charge on any atom is -0.454 e. The highest BCUT2D eigenvalue weighted by molar-refractivity contribution is 7.89. The van der Waals surface area contributed by atoms with E-state index in [9.17, 15) is 13.2 Å². The zero-order valence-electron chi connectivity index (χ0n) is 18.9. The largest absolute Gasteiger partial charge is 0.454 e. The fourth-order valence-electron chi connectivity index (χ4n) is 4.41. The van der Waals surface area contributed by atoms with Gasteiger partial charge in [-0.2, -0.15) is 4.31 Å². The van der Waals surface area contributed by atoms with Crippen LogP contribution in [0.1, 0.15) is 30.6 Å². The lowest BCUT2D eigenvalue weighted by Gasteiger charge is -2.34. The Morgan fingerprint density at radius 1 is 1.06 bits per heavy atom. The summed E-state index contributed by atoms with van der Waals surface area (Å²) in [5.41, 5.74) is 1.28. The number of nitrogens with one attached hydrogen (secondary N) is 1. The molecule has 0 radical (unpaired) electrons. The van der Waals surface area contributed by atoms with E-state index >= 15 is 0 Å². The Hall–Kier alpha value is -2.95. The number of rotatable bonds is 5. The molecular formula is C24H25N3O5S2. The van der Waals surface area contributed by atoms with Crippen LogP contribution >= 0.6 is 11.3 Å². The van der Waals surface area contributed by atoms with Crippen molar-refractivity contribution >= 4 is 32.4 Å². The zero-order chi connectivity index (χ0) is 23.9. The summed E-state index contributed by atoms with van der Waals surface area (Å²) in [6, 6.07) is 11.7. The number of piperidine rings is 1. The molecule has 1 N–H and O–H groups in total. The predicted molar refractivity (Wildman–Crippen MR) is 130 cm³/mol. The summed E-state index contributed by atoms with van der Waals surface area (Å²) in [6.45, 7) is 5.39. The molecule has 34 heavy (non-hydrogen) atoms. The number of thiazole rings is 1. The van der Waals surface area contributed by atoms with E-state index in [1.165, 1.54) is 35.6 Å². The molecule has 8 nitrogen and oxygen atoms in total. The maximum absolute atomic E-state index is 13.1. The van der Waals surface area contributed by atoms with Gasteiger partial charge in [-0.1, -0.05) is 25.2 Å². The summed E-state index contributed by atoms with van der Waals surface area (Å²) in [6.07, 6.45) is 2.71. The van der Waals surface area contributed by atoms with Crippen LogP contribution in [0.2, 0.25) is 0 Å². The van der Waals surface area contributed by atoms with Crippen LogP contribution < -0.4 is 14.8 Å². The van der Waals surface area contributed by atoms with Gasteiger partial charge < -0.3 is 9.47 Å². The van der Waals surface area contributed by atoms with E-state index in [1.54, 1.807) is 10.5 Å². The average Bonchev–Trinajstić information content (AvgIpc) is 3.47. The number of fused-ring (bicyclic) bond motifs is 1. The fourth-order valence-corrected chi connectivity index (χ4v) is 6.90. The standard InChI is InChI=1S/C24H25N3O5S2/c1-15-9-16(2)13-27(12-15)34(29,30)19-6-3-17(4-7-19)23(28)26-24-25-11-22(33-24)18-5-8-20-21(10-18)32-14-31-20/h3-8,10-11,15-16H,9,12-14H2,1-2H3,(H,25,26,28). The van der Waals surface area contributed by atoms with Crippen molar-refractivity contribution in [2.24, 2.45) is 11.8 Å². The number of carbonyl (C=O) groups excluding carboxylic acids is 1. The van der Waals surface area contributed by atoms with E-state index < -0.39 is 10.0 Å². The van der Waals surface area contributed by atoms with E-state index in [0.717, 1.165) is 16.9 Å². The van der Waals surface area contributed by atoms with Crippen molar-refractivity contribution in [1.82, 2.24) is 9.29 Å². The SMILES string of the molecule is CC1CC(C)CN(S(=O)(=O)c2ccc(C(=O)Nc3ncc(-c4ccc5c(c4)OCO5)s3)cc2)C1. The first-order valence-electron chi connectivity index (χ1n) is 11.1. The van der Waals surface area contributed by atoms with Gasteiger partial charge >= 0.3 is 0 Å². The third-order valence-corrected chi connectivity index (χ3v) is 8.78. The molecule has 10 heteroatoms. The Balaban J connectivity index is 1.27. The van der Waals surface area contributed by atoms with Crippen LogP contribution in [0.15, 0.2) is 53.6 Å². The van der Waals surface area contributed by atoms with Gasteiger partial charge in [-0.05, 0) is 66.3 Å².